The first-order valence-corrected chi connectivity index (χ1v) is 6.31. The molecule has 0 fully saturated rings. The van der Waals surface area contributed by atoms with E-state index in [0.29, 0.717) is 6.42 Å². The van der Waals surface area contributed by atoms with Gasteiger partial charge in [0.25, 0.3) is 0 Å². The number of rotatable bonds is 6. The van der Waals surface area contributed by atoms with Crippen molar-refractivity contribution < 1.29 is 9.59 Å². The van der Waals surface area contributed by atoms with Gasteiger partial charge in [-0.05, 0) is 24.5 Å². The van der Waals surface area contributed by atoms with Gasteiger partial charge in [-0.15, -0.1) is 0 Å². The number of carbonyl (C=O) groups is 2. The first-order valence-electron chi connectivity index (χ1n) is 6.31. The van der Waals surface area contributed by atoms with Gasteiger partial charge in [0.15, 0.2) is 0 Å². The number of carbonyl (C=O) groups excluding carboxylic acids is 2. The number of hydrogen-bond acceptors (Lipinski definition) is 2. The van der Waals surface area contributed by atoms with E-state index < -0.39 is 0 Å². The molecule has 0 aliphatic rings. The number of amides is 2. The first kappa shape index (κ1) is 14.2. The lowest BCUT2D eigenvalue weighted by atomic mass is 10.1. The van der Waals surface area contributed by atoms with E-state index in [-0.39, 0.29) is 18.4 Å². The monoisotopic (exact) mass is 248 g/mol. The zero-order valence-corrected chi connectivity index (χ0v) is 11.0. The molecule has 0 radical (unpaired) electrons. The van der Waals surface area contributed by atoms with Crippen LogP contribution in [0.5, 0.6) is 0 Å². The maximum atomic E-state index is 11.7. The summed E-state index contributed by atoms with van der Waals surface area (Å²) in [5.74, 6) is -0.281. The van der Waals surface area contributed by atoms with E-state index in [1.807, 2.05) is 38.1 Å². The molecule has 2 N–H and O–H groups in total. The Morgan fingerprint density at radius 3 is 2.50 bits per heavy atom. The van der Waals surface area contributed by atoms with Crippen molar-refractivity contribution in [3.05, 3.63) is 29.8 Å². The van der Waals surface area contributed by atoms with Crippen LogP contribution in [0.3, 0.4) is 0 Å². The van der Waals surface area contributed by atoms with Gasteiger partial charge >= 0.3 is 0 Å². The summed E-state index contributed by atoms with van der Waals surface area (Å²) < 4.78 is 0. The summed E-state index contributed by atoms with van der Waals surface area (Å²) in [5.41, 5.74) is 1.90. The molecule has 1 rings (SSSR count). The zero-order valence-electron chi connectivity index (χ0n) is 11.0. The van der Waals surface area contributed by atoms with Gasteiger partial charge < -0.3 is 10.6 Å². The van der Waals surface area contributed by atoms with E-state index in [1.54, 1.807) is 0 Å². The molecule has 1 aromatic carbocycles. The minimum Gasteiger partial charge on any atom is -0.347 e. The van der Waals surface area contributed by atoms with Crippen molar-refractivity contribution in [2.45, 2.75) is 33.1 Å². The molecular weight excluding hydrogens is 228 g/mol. The summed E-state index contributed by atoms with van der Waals surface area (Å²) in [7, 11) is 0. The number of hydrogen-bond donors (Lipinski definition) is 2. The maximum Gasteiger partial charge on any atom is 0.243 e. The van der Waals surface area contributed by atoms with Gasteiger partial charge in [-0.2, -0.15) is 0 Å². The molecule has 98 valence electrons. The summed E-state index contributed by atoms with van der Waals surface area (Å²) >= 11 is 0. The molecule has 2 amide bonds. The molecule has 1 aromatic rings. The predicted octanol–water partition coefficient (Wildman–Crippen LogP) is 2.10. The van der Waals surface area contributed by atoms with E-state index in [2.05, 4.69) is 10.6 Å². The van der Waals surface area contributed by atoms with Crippen LogP contribution in [-0.4, -0.2) is 18.4 Å². The molecule has 0 saturated carbocycles. The largest absolute Gasteiger partial charge is 0.347 e. The Morgan fingerprint density at radius 1 is 1.11 bits per heavy atom. The molecule has 0 heterocycles. The standard InChI is InChI=1S/C14H20N2O2/c1-3-7-13(17)15-10-14(18)16-12-9-6-5-8-11(12)4-2/h5-6,8-9H,3-4,7,10H2,1-2H3,(H,15,17)(H,16,18). The maximum absolute atomic E-state index is 11.7. The Hall–Kier alpha value is -1.84. The highest BCUT2D eigenvalue weighted by Crippen LogP contribution is 2.14. The second-order valence-electron chi connectivity index (χ2n) is 4.09. The summed E-state index contributed by atoms with van der Waals surface area (Å²) in [4.78, 5) is 22.9. The lowest BCUT2D eigenvalue weighted by Gasteiger charge is -2.10. The smallest absolute Gasteiger partial charge is 0.243 e. The number of aryl methyl sites for hydroxylation is 1. The quantitative estimate of drug-likeness (QED) is 0.810. The first-order chi connectivity index (χ1) is 8.67. The number of para-hydroxylation sites is 1. The van der Waals surface area contributed by atoms with Gasteiger partial charge in [0.1, 0.15) is 0 Å². The highest BCUT2D eigenvalue weighted by molar-refractivity contribution is 5.95. The summed E-state index contributed by atoms with van der Waals surface area (Å²) in [6.07, 6.45) is 2.10. The molecule has 4 nitrogen and oxygen atoms in total. The molecule has 0 bridgehead atoms. The van der Waals surface area contributed by atoms with E-state index in [1.165, 1.54) is 0 Å². The summed E-state index contributed by atoms with van der Waals surface area (Å²) in [6, 6.07) is 7.66. The van der Waals surface area contributed by atoms with Gasteiger partial charge in [-0.25, -0.2) is 0 Å². The topological polar surface area (TPSA) is 58.2 Å². The van der Waals surface area contributed by atoms with Gasteiger partial charge in [-0.1, -0.05) is 32.0 Å². The Morgan fingerprint density at radius 2 is 1.83 bits per heavy atom. The molecule has 0 aliphatic heterocycles. The zero-order chi connectivity index (χ0) is 13.4. The summed E-state index contributed by atoms with van der Waals surface area (Å²) in [6.45, 7) is 3.99. The normalized spacial score (nSPS) is 9.89. The van der Waals surface area contributed by atoms with Gasteiger partial charge in [0.2, 0.25) is 11.8 Å². The number of benzene rings is 1. The highest BCUT2D eigenvalue weighted by Gasteiger charge is 2.06. The molecular formula is C14H20N2O2. The molecule has 0 spiro atoms. The molecule has 0 saturated heterocycles. The molecule has 18 heavy (non-hydrogen) atoms. The van der Waals surface area contributed by atoms with Gasteiger partial charge in [0.05, 0.1) is 6.54 Å². The second kappa shape index (κ2) is 7.48. The Kier molecular flexibility index (Phi) is 5.91. The fraction of sp³-hybridized carbons (Fsp3) is 0.429. The third-order valence-electron chi connectivity index (χ3n) is 2.60. The fourth-order valence-corrected chi connectivity index (χ4v) is 1.64. The van der Waals surface area contributed by atoms with Crippen molar-refractivity contribution >= 4 is 17.5 Å². The summed E-state index contributed by atoms with van der Waals surface area (Å²) in [5, 5.41) is 5.40. The Bertz CT molecular complexity index is 416. The Balaban J connectivity index is 2.47. The van der Waals surface area contributed by atoms with Crippen LogP contribution in [0.1, 0.15) is 32.3 Å². The molecule has 0 aromatic heterocycles. The van der Waals surface area contributed by atoms with Crippen molar-refractivity contribution in [1.82, 2.24) is 5.32 Å². The van der Waals surface area contributed by atoms with Crippen molar-refractivity contribution in [1.29, 1.82) is 0 Å². The van der Waals surface area contributed by atoms with E-state index in [4.69, 9.17) is 0 Å². The third kappa shape index (κ3) is 4.57. The van der Waals surface area contributed by atoms with Gasteiger partial charge in [-0.3, -0.25) is 9.59 Å². The van der Waals surface area contributed by atoms with Crippen molar-refractivity contribution in [3.8, 4) is 0 Å². The van der Waals surface area contributed by atoms with Crippen LogP contribution in [-0.2, 0) is 16.0 Å². The van der Waals surface area contributed by atoms with Crippen LogP contribution in [0.15, 0.2) is 24.3 Å². The highest BCUT2D eigenvalue weighted by atomic mass is 16.2. The van der Waals surface area contributed by atoms with E-state index in [0.717, 1.165) is 24.1 Å². The molecule has 0 aliphatic carbocycles. The lowest BCUT2D eigenvalue weighted by Crippen LogP contribution is -2.32. The average molecular weight is 248 g/mol. The van der Waals surface area contributed by atoms with Crippen molar-refractivity contribution in [2.75, 3.05) is 11.9 Å². The fourth-order valence-electron chi connectivity index (χ4n) is 1.64. The lowest BCUT2D eigenvalue weighted by molar-refractivity contribution is -0.124. The average Bonchev–Trinajstić information content (AvgIpc) is 2.37. The van der Waals surface area contributed by atoms with Crippen LogP contribution >= 0.6 is 0 Å². The number of nitrogens with one attached hydrogen (secondary N) is 2. The van der Waals surface area contributed by atoms with Crippen LogP contribution in [0.25, 0.3) is 0 Å². The van der Waals surface area contributed by atoms with Crippen molar-refractivity contribution in [2.24, 2.45) is 0 Å². The second-order valence-corrected chi connectivity index (χ2v) is 4.09. The number of anilines is 1. The Labute approximate surface area is 108 Å². The van der Waals surface area contributed by atoms with Crippen molar-refractivity contribution in [3.63, 3.8) is 0 Å². The predicted molar refractivity (Wildman–Crippen MR) is 72.4 cm³/mol. The SMILES string of the molecule is CCCC(=O)NCC(=O)Nc1ccccc1CC. The minimum absolute atomic E-state index is 0.0247. The minimum atomic E-state index is -0.194. The van der Waals surface area contributed by atoms with Crippen LogP contribution < -0.4 is 10.6 Å². The van der Waals surface area contributed by atoms with Crippen LogP contribution in [0.4, 0.5) is 5.69 Å². The molecule has 0 atom stereocenters. The van der Waals surface area contributed by atoms with E-state index >= 15 is 0 Å². The van der Waals surface area contributed by atoms with E-state index in [9.17, 15) is 9.59 Å². The molecule has 0 unspecified atom stereocenters. The van der Waals surface area contributed by atoms with Crippen LogP contribution in [0, 0.1) is 0 Å². The van der Waals surface area contributed by atoms with Crippen LogP contribution in [0.2, 0.25) is 0 Å². The third-order valence-corrected chi connectivity index (χ3v) is 2.60. The van der Waals surface area contributed by atoms with Gasteiger partial charge in [0, 0.05) is 12.1 Å². The molecule has 4 heteroatoms.